The van der Waals surface area contributed by atoms with E-state index >= 15 is 0 Å². The van der Waals surface area contributed by atoms with Gasteiger partial charge < -0.3 is 36.0 Å². The molecule has 5 N–H and O–H groups in total. The number of aliphatic carboxylic acids is 1. The maximum Gasteiger partial charge on any atom is 0.490 e. The molecule has 2 aliphatic rings. The van der Waals surface area contributed by atoms with Crippen molar-refractivity contribution in [1.82, 2.24) is 10.6 Å². The third-order valence-electron chi connectivity index (χ3n) is 7.11. The zero-order chi connectivity index (χ0) is 35.2. The highest BCUT2D eigenvalue weighted by atomic mass is 19.4. The van der Waals surface area contributed by atoms with Gasteiger partial charge in [0.1, 0.15) is 13.1 Å². The van der Waals surface area contributed by atoms with E-state index in [1.165, 1.54) is 48.1 Å². The first-order chi connectivity index (χ1) is 21.2. The number of carboxylic acid groups (broad SMARTS) is 1. The molecule has 1 fully saturated rings. The monoisotopic (exact) mass is 640 g/mol. The van der Waals surface area contributed by atoms with Crippen LogP contribution in [0, 0.1) is 5.92 Å². The fraction of sp³-hybridized carbons (Fsp3) is 0.515. The highest BCUT2D eigenvalue weighted by Gasteiger charge is 2.38. The summed E-state index contributed by atoms with van der Waals surface area (Å²) < 4.78 is 31.7. The molecule has 0 aromatic heterocycles. The van der Waals surface area contributed by atoms with Crippen LogP contribution in [0.1, 0.15) is 58.9 Å². The molecule has 1 aliphatic heterocycles. The summed E-state index contributed by atoms with van der Waals surface area (Å²) in [7, 11) is 3.82. The van der Waals surface area contributed by atoms with Crippen LogP contribution < -0.4 is 21.3 Å². The lowest BCUT2D eigenvalue weighted by Crippen LogP contribution is -2.47. The molecule has 1 amide bonds. The first-order valence-electron chi connectivity index (χ1n) is 14.7. The van der Waals surface area contributed by atoms with E-state index in [1.807, 2.05) is 26.7 Å². The van der Waals surface area contributed by atoms with Crippen molar-refractivity contribution in [1.29, 1.82) is 0 Å². The molecule has 0 saturated heterocycles. The Bertz CT molecular complexity index is 1110. The molecule has 1 aliphatic carbocycles. The molecule has 254 valence electrons. The Morgan fingerprint density at radius 1 is 1.13 bits per heavy atom. The number of hydrogen-bond donors (Lipinski definition) is 4. The predicted octanol–water partition coefficient (Wildman–Crippen LogP) is 5.01. The van der Waals surface area contributed by atoms with Gasteiger partial charge in [0.15, 0.2) is 0 Å². The number of nitrogens with two attached hydrogens (primary N) is 1. The highest BCUT2D eigenvalue weighted by molar-refractivity contribution is 5.84. The van der Waals surface area contributed by atoms with Gasteiger partial charge in [0.2, 0.25) is 5.91 Å². The van der Waals surface area contributed by atoms with Gasteiger partial charge in [-0.15, -0.1) is 0 Å². The topological polar surface area (TPSA) is 142 Å². The number of hydrogen-bond acceptors (Lipinski definition) is 7. The van der Waals surface area contributed by atoms with Crippen LogP contribution in [0.25, 0.3) is 0 Å². The van der Waals surface area contributed by atoms with Crippen LogP contribution in [0.3, 0.4) is 0 Å². The number of likely N-dealkylation sites (N-methyl/N-ethyl adjacent to an activating group) is 2. The number of fused-ring (bicyclic) bond motifs is 1. The number of carboxylic acids is 1. The Kier molecular flexibility index (Phi) is 22.7. The van der Waals surface area contributed by atoms with Crippen LogP contribution in [0.2, 0.25) is 0 Å². The second-order valence-corrected chi connectivity index (χ2v) is 10.5. The number of anilines is 1. The van der Waals surface area contributed by atoms with Gasteiger partial charge in [-0.2, -0.15) is 13.2 Å². The number of carbonyl (C=O) groups is 4. The number of halogens is 3. The van der Waals surface area contributed by atoms with E-state index in [4.69, 9.17) is 20.4 Å². The number of alkyl halides is 3. The third kappa shape index (κ3) is 16.8. The Balaban J connectivity index is 0. The van der Waals surface area contributed by atoms with Gasteiger partial charge in [-0.05, 0) is 81.7 Å². The van der Waals surface area contributed by atoms with E-state index in [9.17, 15) is 22.8 Å². The normalized spacial score (nSPS) is 18.2. The van der Waals surface area contributed by atoms with Gasteiger partial charge in [0.05, 0.1) is 12.1 Å². The molecule has 3 atom stereocenters. The SMILES string of the molecule is C=C/C=C1/CCCC/C1=C/C.C=O.CN1c2ccccc2CC1CN.CN[C@@H](C)C(=O)NC(C=O)C(C)C.O=C(O)C(F)(F)F. The van der Waals surface area contributed by atoms with E-state index in [0.29, 0.717) is 6.04 Å². The van der Waals surface area contributed by atoms with Gasteiger partial charge in [0.25, 0.3) is 0 Å². The van der Waals surface area contributed by atoms with Crippen LogP contribution in [0.15, 0.2) is 60.2 Å². The maximum atomic E-state index is 11.3. The molecule has 1 saturated carbocycles. The van der Waals surface area contributed by atoms with Crippen molar-refractivity contribution < 1.29 is 37.5 Å². The minimum atomic E-state index is -5.08. The first kappa shape index (κ1) is 43.4. The van der Waals surface area contributed by atoms with E-state index in [2.05, 4.69) is 72.5 Å². The predicted molar refractivity (Wildman–Crippen MR) is 174 cm³/mol. The van der Waals surface area contributed by atoms with Gasteiger partial charge in [-0.3, -0.25) is 4.79 Å². The number of allylic oxidation sites excluding steroid dienone is 5. The van der Waals surface area contributed by atoms with Crippen molar-refractivity contribution in [3.63, 3.8) is 0 Å². The second-order valence-electron chi connectivity index (χ2n) is 10.5. The standard InChI is InChI=1S/C11H16.C10H14N2.C9H18N2O2.C2HF3O2.CH2O/c1-3-7-11-9-6-5-8-10(11)4-2;1-12-9(7-11)6-8-4-2-3-5-10(8)12;1-6(2)8(5-12)11-9(13)7(3)10-4;3-2(4,5)1(6)7;1-2/h3-4,7H,1,5-6,8-9H2,2H3;2-5,9H,6-7,11H2,1H3;5-8,10H,1-4H3,(H,11,13);(H,6,7);1H2/b10-4-,11-7-;;;;/t;;7-,8?;;/m..0../s1. The van der Waals surface area contributed by atoms with Crippen molar-refractivity contribution >= 4 is 30.6 Å². The summed E-state index contributed by atoms with van der Waals surface area (Å²) in [6.45, 7) is 14.1. The molecule has 0 bridgehead atoms. The van der Waals surface area contributed by atoms with Crippen molar-refractivity contribution in [3.8, 4) is 0 Å². The summed E-state index contributed by atoms with van der Waals surface area (Å²) in [4.78, 5) is 41.0. The van der Waals surface area contributed by atoms with Crippen molar-refractivity contribution in [3.05, 3.63) is 65.8 Å². The molecule has 1 heterocycles. The molecule has 0 radical (unpaired) electrons. The minimum absolute atomic E-state index is 0.130. The highest BCUT2D eigenvalue weighted by Crippen LogP contribution is 2.30. The molecule has 3 rings (SSSR count). The lowest BCUT2D eigenvalue weighted by molar-refractivity contribution is -0.192. The average molecular weight is 641 g/mol. The van der Waals surface area contributed by atoms with Crippen molar-refractivity contribution in [2.24, 2.45) is 11.7 Å². The number of nitrogens with one attached hydrogen (secondary N) is 2. The first-order valence-corrected chi connectivity index (χ1v) is 14.7. The number of rotatable bonds is 7. The van der Waals surface area contributed by atoms with E-state index < -0.39 is 12.1 Å². The van der Waals surface area contributed by atoms with E-state index in [-0.39, 0.29) is 23.9 Å². The number of amides is 1. The Morgan fingerprint density at radius 2 is 1.67 bits per heavy atom. The van der Waals surface area contributed by atoms with Crippen molar-refractivity contribution in [2.45, 2.75) is 84.1 Å². The van der Waals surface area contributed by atoms with Gasteiger partial charge in [0, 0.05) is 25.3 Å². The molecule has 12 heteroatoms. The van der Waals surface area contributed by atoms with Crippen LogP contribution in [-0.4, -0.2) is 75.0 Å². The van der Waals surface area contributed by atoms with Gasteiger partial charge in [-0.25, -0.2) is 4.79 Å². The smallest absolute Gasteiger partial charge is 0.475 e. The maximum absolute atomic E-state index is 11.3. The Labute approximate surface area is 265 Å². The summed E-state index contributed by atoms with van der Waals surface area (Å²) in [5, 5.41) is 12.6. The largest absolute Gasteiger partial charge is 0.490 e. The van der Waals surface area contributed by atoms with Gasteiger partial charge in [-0.1, -0.05) is 56.9 Å². The lowest BCUT2D eigenvalue weighted by Gasteiger charge is -2.20. The molecular formula is C33H51F3N4O5. The fourth-order valence-corrected chi connectivity index (χ4v) is 4.25. The fourth-order valence-electron chi connectivity index (χ4n) is 4.25. The minimum Gasteiger partial charge on any atom is -0.475 e. The summed E-state index contributed by atoms with van der Waals surface area (Å²) >= 11 is 0. The molecule has 2 unspecified atom stereocenters. The molecule has 1 aromatic rings. The molecular weight excluding hydrogens is 589 g/mol. The number of carbonyl (C=O) groups excluding carboxylic acids is 3. The summed E-state index contributed by atoms with van der Waals surface area (Å²) in [6.07, 6.45) is 8.26. The van der Waals surface area contributed by atoms with Crippen LogP contribution in [0.4, 0.5) is 18.9 Å². The Hall–Kier alpha value is -3.77. The summed E-state index contributed by atoms with van der Waals surface area (Å²) in [5.41, 5.74) is 11.4. The molecule has 9 nitrogen and oxygen atoms in total. The Morgan fingerprint density at radius 3 is 2.07 bits per heavy atom. The molecule has 45 heavy (non-hydrogen) atoms. The number of aldehydes is 1. The number of para-hydroxylation sites is 1. The zero-order valence-electron chi connectivity index (χ0n) is 27.3. The summed E-state index contributed by atoms with van der Waals surface area (Å²) in [6, 6.07) is 8.36. The van der Waals surface area contributed by atoms with Gasteiger partial charge >= 0.3 is 12.1 Å². The third-order valence-corrected chi connectivity index (χ3v) is 7.11. The van der Waals surface area contributed by atoms with E-state index in [1.54, 1.807) is 14.0 Å². The van der Waals surface area contributed by atoms with Crippen LogP contribution in [-0.2, 0) is 25.6 Å². The average Bonchev–Trinajstić information content (AvgIpc) is 3.36. The van der Waals surface area contributed by atoms with Crippen molar-refractivity contribution in [2.75, 3.05) is 25.5 Å². The lowest BCUT2D eigenvalue weighted by atomic mass is 9.89. The molecule has 0 spiro atoms. The molecule has 1 aromatic carbocycles. The number of nitrogens with zero attached hydrogens (tertiary/aromatic N) is 1. The van der Waals surface area contributed by atoms with Crippen LogP contribution >= 0.6 is 0 Å². The number of benzene rings is 1. The zero-order valence-corrected chi connectivity index (χ0v) is 27.3. The quantitative estimate of drug-likeness (QED) is 0.305. The second kappa shape index (κ2) is 23.6. The van der Waals surface area contributed by atoms with E-state index in [0.717, 1.165) is 19.3 Å². The summed E-state index contributed by atoms with van der Waals surface area (Å²) in [5.74, 6) is -2.77. The van der Waals surface area contributed by atoms with Crippen LogP contribution in [0.5, 0.6) is 0 Å².